The molecule has 0 aliphatic heterocycles. The van der Waals surface area contributed by atoms with E-state index in [-0.39, 0.29) is 69.2 Å². The average Bonchev–Trinajstić information content (AvgIpc) is 2.94. The van der Waals surface area contributed by atoms with Gasteiger partial charge in [0.05, 0.1) is 29.4 Å². The van der Waals surface area contributed by atoms with E-state index in [2.05, 4.69) is 0 Å². The number of methoxy groups -OCH3 is 1. The van der Waals surface area contributed by atoms with Crippen molar-refractivity contribution in [1.82, 2.24) is 4.57 Å². The number of phenols is 1. The van der Waals surface area contributed by atoms with Crippen molar-refractivity contribution in [2.24, 2.45) is 7.05 Å². The number of aromatic hydroxyl groups is 1. The van der Waals surface area contributed by atoms with E-state index in [1.54, 1.807) is 0 Å². The Morgan fingerprint density at radius 3 is 2.41 bits per heavy atom. The number of aliphatic hydroxyl groups excluding tert-OH is 3. The molecule has 12 heteroatoms. The van der Waals surface area contributed by atoms with Gasteiger partial charge in [0.1, 0.15) is 28.9 Å². The van der Waals surface area contributed by atoms with Crippen molar-refractivity contribution in [2.75, 3.05) is 7.11 Å². The first kappa shape index (κ1) is 27.4. The Labute approximate surface area is 236 Å². The molecule has 1 aromatic carbocycles. The Kier molecular flexibility index (Phi) is 6.27. The highest BCUT2D eigenvalue weighted by Gasteiger charge is 2.44. The smallest absolute Gasteiger partial charge is 0.262 e. The van der Waals surface area contributed by atoms with Crippen molar-refractivity contribution in [3.05, 3.63) is 70.4 Å². The number of fused-ring (bicyclic) bond motifs is 6. The first-order valence-electron chi connectivity index (χ1n) is 13.2. The minimum Gasteiger partial charge on any atom is -0.504 e. The summed E-state index contributed by atoms with van der Waals surface area (Å²) in [5.74, 6) is -2.50. The molecule has 6 rings (SSSR count). The predicted molar refractivity (Wildman–Crippen MR) is 146 cm³/mol. The number of ether oxygens (including phenoxy) is 1. The number of aliphatic hydroxyl groups is 3. The number of Topliss-reactive ketones (excluding diaryl/α,β-unsaturated/α-hetero) is 2. The Balaban J connectivity index is 1.74. The molecule has 0 spiro atoms. The summed E-state index contributed by atoms with van der Waals surface area (Å²) >= 11 is 6.64. The number of pyridine rings is 1. The van der Waals surface area contributed by atoms with E-state index < -0.39 is 63.1 Å². The number of aromatic nitrogens is 1. The number of benzene rings is 1. The fourth-order valence-corrected chi connectivity index (χ4v) is 6.79. The number of phenolic OH excluding ortho intramolecular Hbond substituents is 1. The van der Waals surface area contributed by atoms with Gasteiger partial charge in [-0.15, -0.1) is 0 Å². The highest BCUT2D eigenvalue weighted by atomic mass is 35.5. The molecule has 0 unspecified atom stereocenters. The molecular weight excluding hydrogens is 558 g/mol. The fourth-order valence-electron chi connectivity index (χ4n) is 6.39. The lowest BCUT2D eigenvalue weighted by molar-refractivity contribution is -0.0373. The number of hydrogen-bond donors (Lipinski definition) is 4. The summed E-state index contributed by atoms with van der Waals surface area (Å²) in [5, 5.41) is 42.1. The molecule has 0 radical (unpaired) electrons. The van der Waals surface area contributed by atoms with Gasteiger partial charge < -0.3 is 34.1 Å². The van der Waals surface area contributed by atoms with Gasteiger partial charge in [0.2, 0.25) is 11.2 Å². The van der Waals surface area contributed by atoms with Gasteiger partial charge in [-0.25, -0.2) is 0 Å². The van der Waals surface area contributed by atoms with Crippen LogP contribution in [0.2, 0.25) is 5.02 Å². The first-order chi connectivity index (χ1) is 19.5. The molecule has 3 aromatic rings. The number of ketones is 2. The Bertz CT molecular complexity index is 1880. The van der Waals surface area contributed by atoms with Crippen LogP contribution in [0.1, 0.15) is 87.3 Å². The zero-order valence-corrected chi connectivity index (χ0v) is 23.1. The molecule has 4 N–H and O–H groups in total. The molecule has 41 heavy (non-hydrogen) atoms. The van der Waals surface area contributed by atoms with Crippen molar-refractivity contribution in [1.29, 1.82) is 0 Å². The van der Waals surface area contributed by atoms with Crippen molar-refractivity contribution in [3.63, 3.8) is 0 Å². The maximum Gasteiger partial charge on any atom is 0.262 e. The van der Waals surface area contributed by atoms with E-state index in [9.17, 15) is 39.6 Å². The van der Waals surface area contributed by atoms with E-state index in [4.69, 9.17) is 20.8 Å². The standard InChI is InChI=1S/C29H26ClNO10/c1-4-5-11-20(30)16-17(29(39)31(11)2)23(36)14-9(21(16)34)6-7-10-15(14)28-19(25(38)26(10)40-3)24(37)18-22(35)12(32)8-13(33)27(18)41-28/h12-13,22,32-33,35,38H,4-8H2,1-3H3/t12-,13-,22-/m0/s1. The van der Waals surface area contributed by atoms with E-state index in [0.29, 0.717) is 18.5 Å². The van der Waals surface area contributed by atoms with Gasteiger partial charge in [-0.1, -0.05) is 24.9 Å². The van der Waals surface area contributed by atoms with E-state index >= 15 is 0 Å². The Morgan fingerprint density at radius 2 is 1.76 bits per heavy atom. The van der Waals surface area contributed by atoms with Crippen LogP contribution in [0.3, 0.4) is 0 Å². The van der Waals surface area contributed by atoms with E-state index in [0.717, 1.165) is 0 Å². The number of rotatable bonds is 3. The molecule has 11 nitrogen and oxygen atoms in total. The average molecular weight is 584 g/mol. The third-order valence-electron chi connectivity index (χ3n) is 8.33. The largest absolute Gasteiger partial charge is 0.504 e. The summed E-state index contributed by atoms with van der Waals surface area (Å²) in [7, 11) is 2.72. The summed E-state index contributed by atoms with van der Waals surface area (Å²) in [6, 6.07) is 0. The maximum absolute atomic E-state index is 14.2. The van der Waals surface area contributed by atoms with Crippen LogP contribution in [0.15, 0.2) is 19.6 Å². The second-order valence-corrected chi connectivity index (χ2v) is 10.9. The van der Waals surface area contributed by atoms with Gasteiger partial charge in [-0.3, -0.25) is 19.2 Å². The number of hydrogen-bond acceptors (Lipinski definition) is 10. The van der Waals surface area contributed by atoms with Crippen LogP contribution in [0.5, 0.6) is 11.5 Å². The molecule has 2 heterocycles. The summed E-state index contributed by atoms with van der Waals surface area (Å²) < 4.78 is 12.7. The molecule has 3 aliphatic carbocycles. The quantitative estimate of drug-likeness (QED) is 0.358. The summed E-state index contributed by atoms with van der Waals surface area (Å²) in [5.41, 5.74) is -2.41. The molecule has 3 atom stereocenters. The zero-order valence-electron chi connectivity index (χ0n) is 22.3. The van der Waals surface area contributed by atoms with Crippen LogP contribution in [0.25, 0.3) is 16.5 Å². The van der Waals surface area contributed by atoms with Crippen LogP contribution in [-0.4, -0.2) is 49.8 Å². The van der Waals surface area contributed by atoms with Gasteiger partial charge in [-0.2, -0.15) is 0 Å². The molecule has 0 saturated heterocycles. The monoisotopic (exact) mass is 583 g/mol. The Hall–Kier alpha value is -3.77. The number of nitrogens with zero attached hydrogens (tertiary/aromatic N) is 1. The maximum atomic E-state index is 14.2. The van der Waals surface area contributed by atoms with Gasteiger partial charge in [0, 0.05) is 41.4 Å². The first-order valence-corrected chi connectivity index (χ1v) is 13.5. The van der Waals surface area contributed by atoms with Crippen LogP contribution >= 0.6 is 11.6 Å². The minimum atomic E-state index is -1.71. The van der Waals surface area contributed by atoms with Gasteiger partial charge in [0.25, 0.3) is 5.56 Å². The fraction of sp³-hybridized carbons (Fsp3) is 0.379. The second-order valence-electron chi connectivity index (χ2n) is 10.5. The van der Waals surface area contributed by atoms with Gasteiger partial charge in [-0.05, 0) is 19.3 Å². The zero-order chi connectivity index (χ0) is 29.7. The molecule has 0 saturated carbocycles. The highest BCUT2D eigenvalue weighted by Crippen LogP contribution is 2.51. The molecule has 214 valence electrons. The third-order valence-corrected chi connectivity index (χ3v) is 8.74. The van der Waals surface area contributed by atoms with E-state index in [1.807, 2.05) is 6.92 Å². The molecule has 0 fully saturated rings. The van der Waals surface area contributed by atoms with E-state index in [1.165, 1.54) is 18.7 Å². The van der Waals surface area contributed by atoms with Crippen LogP contribution in [0.4, 0.5) is 0 Å². The molecule has 0 bridgehead atoms. The van der Waals surface area contributed by atoms with Gasteiger partial charge in [0.15, 0.2) is 22.9 Å². The highest BCUT2D eigenvalue weighted by molar-refractivity contribution is 6.46. The Morgan fingerprint density at radius 1 is 1.05 bits per heavy atom. The third kappa shape index (κ3) is 3.49. The van der Waals surface area contributed by atoms with Gasteiger partial charge >= 0.3 is 0 Å². The van der Waals surface area contributed by atoms with Crippen molar-refractivity contribution in [2.45, 2.75) is 57.3 Å². The summed E-state index contributed by atoms with van der Waals surface area (Å²) in [6.07, 6.45) is -3.79. The minimum absolute atomic E-state index is 0.0246. The molecular formula is C29H26ClNO10. The van der Waals surface area contributed by atoms with Crippen LogP contribution < -0.4 is 15.7 Å². The predicted octanol–water partition coefficient (Wildman–Crippen LogP) is 2.42. The van der Waals surface area contributed by atoms with Crippen molar-refractivity contribution >= 4 is 39.7 Å². The number of allylic oxidation sites excluding steroid dienone is 2. The molecule has 2 aromatic heterocycles. The topological polar surface area (TPSA) is 176 Å². The lowest BCUT2D eigenvalue weighted by atomic mass is 9.73. The number of carbonyl (C=O) groups is 2. The second kappa shape index (κ2) is 9.38. The lowest BCUT2D eigenvalue weighted by Crippen LogP contribution is -2.36. The summed E-state index contributed by atoms with van der Waals surface area (Å²) in [6.45, 7) is 1.89. The number of halogens is 1. The SMILES string of the molecule is CCCc1c(Cl)c2c(c(=O)n1C)C(=O)C1=C(CCc3c(OC)c(O)c4c(=O)c5c(oc4c31)[C@@H](O)C[C@H](O)[C@@H]5O)C2=O. The molecule has 3 aliphatic rings. The van der Waals surface area contributed by atoms with Crippen molar-refractivity contribution < 1.29 is 39.2 Å². The number of carbonyl (C=O) groups excluding carboxylic acids is 2. The lowest BCUT2D eigenvalue weighted by Gasteiger charge is -2.31. The normalized spacial score (nSPS) is 21.5. The molecule has 0 amide bonds. The summed E-state index contributed by atoms with van der Waals surface area (Å²) in [4.78, 5) is 55.3. The van der Waals surface area contributed by atoms with Crippen molar-refractivity contribution in [3.8, 4) is 11.5 Å². The van der Waals surface area contributed by atoms with Crippen LogP contribution in [-0.2, 0) is 19.9 Å². The van der Waals surface area contributed by atoms with Crippen LogP contribution in [0, 0.1) is 0 Å².